The van der Waals surface area contributed by atoms with Crippen molar-refractivity contribution in [3.63, 3.8) is 0 Å². The number of rotatable bonds is 8. The molecule has 4 heteroatoms. The smallest absolute Gasteiger partial charge is 0.218 e. The van der Waals surface area contributed by atoms with E-state index in [0.29, 0.717) is 24.2 Å². The molecule has 0 aromatic carbocycles. The molecule has 0 saturated heterocycles. The third-order valence-corrected chi connectivity index (χ3v) is 3.27. The Balaban J connectivity index is 2.60. The highest BCUT2D eigenvalue weighted by Gasteiger charge is 2.10. The predicted molar refractivity (Wildman–Crippen MR) is 79.3 cm³/mol. The number of aromatic nitrogens is 2. The zero-order valence-corrected chi connectivity index (χ0v) is 12.6. The quantitative estimate of drug-likeness (QED) is 0.777. The third kappa shape index (κ3) is 5.45. The van der Waals surface area contributed by atoms with Crippen molar-refractivity contribution in [2.24, 2.45) is 5.92 Å². The Hall–Kier alpha value is -1.32. The zero-order chi connectivity index (χ0) is 14.3. The van der Waals surface area contributed by atoms with Crippen molar-refractivity contribution in [3.05, 3.63) is 11.9 Å². The maximum absolute atomic E-state index is 5.80. The van der Waals surface area contributed by atoms with Crippen LogP contribution in [0, 0.1) is 5.92 Å². The first kappa shape index (κ1) is 15.7. The summed E-state index contributed by atoms with van der Waals surface area (Å²) in [7, 11) is 0. The molecule has 0 spiro atoms. The number of hydrogen-bond donors (Lipinski definition) is 1. The molecule has 0 fully saturated rings. The Bertz CT molecular complexity index is 380. The van der Waals surface area contributed by atoms with Gasteiger partial charge in [0.05, 0.1) is 6.61 Å². The molecular weight excluding hydrogens is 238 g/mol. The molecule has 1 heterocycles. The van der Waals surface area contributed by atoms with Crippen LogP contribution >= 0.6 is 0 Å². The fourth-order valence-electron chi connectivity index (χ4n) is 1.89. The van der Waals surface area contributed by atoms with Crippen molar-refractivity contribution < 1.29 is 4.74 Å². The van der Waals surface area contributed by atoms with Gasteiger partial charge in [-0.2, -0.15) is 4.98 Å². The summed E-state index contributed by atoms with van der Waals surface area (Å²) >= 11 is 0. The molecule has 0 bridgehead atoms. The normalized spacial score (nSPS) is 12.7. The van der Waals surface area contributed by atoms with Gasteiger partial charge in [0.15, 0.2) is 0 Å². The summed E-state index contributed by atoms with van der Waals surface area (Å²) in [5, 5.41) is 0. The van der Waals surface area contributed by atoms with Gasteiger partial charge in [0.1, 0.15) is 11.6 Å². The molecule has 0 amide bonds. The molecule has 0 saturated carbocycles. The SMILES string of the molecule is CCCCC(CC)COc1cc(N)nc(C(C)C)n1. The zero-order valence-electron chi connectivity index (χ0n) is 12.6. The monoisotopic (exact) mass is 265 g/mol. The lowest BCUT2D eigenvalue weighted by molar-refractivity contribution is 0.225. The lowest BCUT2D eigenvalue weighted by atomic mass is 10.0. The first-order chi connectivity index (χ1) is 9.06. The Morgan fingerprint density at radius 2 is 2.00 bits per heavy atom. The average Bonchev–Trinajstić information content (AvgIpc) is 2.38. The molecule has 108 valence electrons. The minimum Gasteiger partial charge on any atom is -0.477 e. The van der Waals surface area contributed by atoms with Crippen LogP contribution in [0.2, 0.25) is 0 Å². The summed E-state index contributed by atoms with van der Waals surface area (Å²) in [6.07, 6.45) is 4.84. The highest BCUT2D eigenvalue weighted by Crippen LogP contribution is 2.19. The van der Waals surface area contributed by atoms with E-state index in [1.54, 1.807) is 6.07 Å². The molecule has 1 unspecified atom stereocenters. The van der Waals surface area contributed by atoms with Crippen molar-refractivity contribution in [2.45, 2.75) is 59.3 Å². The van der Waals surface area contributed by atoms with Crippen LogP contribution in [0.1, 0.15) is 65.1 Å². The van der Waals surface area contributed by atoms with Gasteiger partial charge >= 0.3 is 0 Å². The maximum atomic E-state index is 5.80. The molecule has 19 heavy (non-hydrogen) atoms. The van der Waals surface area contributed by atoms with E-state index in [2.05, 4.69) is 37.7 Å². The van der Waals surface area contributed by atoms with E-state index in [0.717, 1.165) is 12.2 Å². The molecule has 0 radical (unpaired) electrons. The molecule has 2 N–H and O–H groups in total. The van der Waals surface area contributed by atoms with E-state index in [1.807, 2.05) is 0 Å². The van der Waals surface area contributed by atoms with Gasteiger partial charge < -0.3 is 10.5 Å². The van der Waals surface area contributed by atoms with Gasteiger partial charge in [-0.1, -0.05) is 47.0 Å². The fraction of sp³-hybridized carbons (Fsp3) is 0.733. The minimum atomic E-state index is 0.257. The Labute approximate surface area is 116 Å². The van der Waals surface area contributed by atoms with E-state index in [4.69, 9.17) is 10.5 Å². The second-order valence-corrected chi connectivity index (χ2v) is 5.37. The molecule has 0 aliphatic rings. The molecule has 0 aliphatic heterocycles. The standard InChI is InChI=1S/C15H27N3O/c1-5-7-8-12(6-2)10-19-14-9-13(16)17-15(18-14)11(3)4/h9,11-12H,5-8,10H2,1-4H3,(H2,16,17,18). The van der Waals surface area contributed by atoms with Crippen LogP contribution in [-0.4, -0.2) is 16.6 Å². The highest BCUT2D eigenvalue weighted by molar-refractivity contribution is 5.33. The largest absolute Gasteiger partial charge is 0.477 e. The van der Waals surface area contributed by atoms with E-state index in [-0.39, 0.29) is 5.92 Å². The van der Waals surface area contributed by atoms with Crippen LogP contribution in [-0.2, 0) is 0 Å². The highest BCUT2D eigenvalue weighted by atomic mass is 16.5. The van der Waals surface area contributed by atoms with Gasteiger partial charge in [0.25, 0.3) is 0 Å². The second-order valence-electron chi connectivity index (χ2n) is 5.37. The van der Waals surface area contributed by atoms with Gasteiger partial charge in [-0.05, 0) is 12.3 Å². The number of ether oxygens (including phenoxy) is 1. The fourth-order valence-corrected chi connectivity index (χ4v) is 1.89. The molecule has 1 aromatic rings. The predicted octanol–water partition coefficient (Wildman–Crippen LogP) is 3.78. The number of nitrogen functional groups attached to an aromatic ring is 1. The number of nitrogens with two attached hydrogens (primary N) is 1. The van der Waals surface area contributed by atoms with E-state index in [1.165, 1.54) is 19.3 Å². The van der Waals surface area contributed by atoms with Gasteiger partial charge in [0, 0.05) is 12.0 Å². The van der Waals surface area contributed by atoms with Crippen molar-refractivity contribution in [3.8, 4) is 5.88 Å². The van der Waals surface area contributed by atoms with Crippen molar-refractivity contribution >= 4 is 5.82 Å². The van der Waals surface area contributed by atoms with E-state index >= 15 is 0 Å². The Morgan fingerprint density at radius 1 is 1.26 bits per heavy atom. The van der Waals surface area contributed by atoms with Gasteiger partial charge in [-0.25, -0.2) is 4.98 Å². The lowest BCUT2D eigenvalue weighted by Crippen LogP contribution is -2.13. The van der Waals surface area contributed by atoms with Gasteiger partial charge in [-0.3, -0.25) is 0 Å². The summed E-state index contributed by atoms with van der Waals surface area (Å²) in [4.78, 5) is 8.62. The van der Waals surface area contributed by atoms with Crippen LogP contribution in [0.25, 0.3) is 0 Å². The molecule has 1 rings (SSSR count). The molecular formula is C15H27N3O. The van der Waals surface area contributed by atoms with Crippen LogP contribution in [0.15, 0.2) is 6.07 Å². The number of hydrogen-bond acceptors (Lipinski definition) is 4. The molecule has 1 atom stereocenters. The maximum Gasteiger partial charge on any atom is 0.218 e. The van der Waals surface area contributed by atoms with Crippen LogP contribution in [0.3, 0.4) is 0 Å². The number of anilines is 1. The van der Waals surface area contributed by atoms with Crippen LogP contribution in [0.5, 0.6) is 5.88 Å². The van der Waals surface area contributed by atoms with Crippen molar-refractivity contribution in [1.29, 1.82) is 0 Å². The van der Waals surface area contributed by atoms with E-state index in [9.17, 15) is 0 Å². The first-order valence-electron chi connectivity index (χ1n) is 7.34. The third-order valence-electron chi connectivity index (χ3n) is 3.27. The number of unbranched alkanes of at least 4 members (excludes halogenated alkanes) is 1. The van der Waals surface area contributed by atoms with Crippen molar-refractivity contribution in [2.75, 3.05) is 12.3 Å². The van der Waals surface area contributed by atoms with E-state index < -0.39 is 0 Å². The summed E-state index contributed by atoms with van der Waals surface area (Å²) in [5.74, 6) is 2.68. The molecule has 4 nitrogen and oxygen atoms in total. The number of nitrogens with zero attached hydrogens (tertiary/aromatic N) is 2. The average molecular weight is 265 g/mol. The summed E-state index contributed by atoms with van der Waals surface area (Å²) in [5.41, 5.74) is 5.79. The second kappa shape index (κ2) is 7.97. The Kier molecular flexibility index (Phi) is 6.60. The molecule has 1 aromatic heterocycles. The topological polar surface area (TPSA) is 61.0 Å². The van der Waals surface area contributed by atoms with Gasteiger partial charge in [-0.15, -0.1) is 0 Å². The van der Waals surface area contributed by atoms with Crippen LogP contribution < -0.4 is 10.5 Å². The van der Waals surface area contributed by atoms with Gasteiger partial charge in [0.2, 0.25) is 5.88 Å². The lowest BCUT2D eigenvalue weighted by Gasteiger charge is -2.16. The Morgan fingerprint density at radius 3 is 2.58 bits per heavy atom. The summed E-state index contributed by atoms with van der Waals surface area (Å²) in [6, 6.07) is 1.71. The summed E-state index contributed by atoms with van der Waals surface area (Å²) in [6.45, 7) is 9.24. The minimum absolute atomic E-state index is 0.257. The van der Waals surface area contributed by atoms with Crippen LogP contribution in [0.4, 0.5) is 5.82 Å². The first-order valence-corrected chi connectivity index (χ1v) is 7.34. The molecule has 0 aliphatic carbocycles. The van der Waals surface area contributed by atoms with Crippen molar-refractivity contribution in [1.82, 2.24) is 9.97 Å². The summed E-state index contributed by atoms with van der Waals surface area (Å²) < 4.78 is 5.80.